The van der Waals surface area contributed by atoms with E-state index in [0.717, 1.165) is 16.8 Å². The van der Waals surface area contributed by atoms with Gasteiger partial charge in [-0.1, -0.05) is 75.1 Å². The molecule has 0 saturated heterocycles. The number of nitrogens with zero attached hydrogens (tertiary/aromatic N) is 1. The van der Waals surface area contributed by atoms with Crippen molar-refractivity contribution in [1.82, 2.24) is 4.57 Å². The van der Waals surface area contributed by atoms with Crippen molar-refractivity contribution in [2.75, 3.05) is 0 Å². The van der Waals surface area contributed by atoms with Gasteiger partial charge in [0.05, 0.1) is 11.2 Å². The van der Waals surface area contributed by atoms with Crippen LogP contribution in [-0.2, 0) is 5.41 Å². The molecule has 0 amide bonds. The normalized spacial score (nSPS) is 11.3. The Bertz CT molecular complexity index is 1190. The van der Waals surface area contributed by atoms with Gasteiger partial charge in [-0.15, -0.1) is 0 Å². The highest BCUT2D eigenvalue weighted by molar-refractivity contribution is 5.85. The molecule has 0 atom stereocenters. The summed E-state index contributed by atoms with van der Waals surface area (Å²) >= 11 is 0. The van der Waals surface area contributed by atoms with E-state index in [4.69, 9.17) is 0 Å². The summed E-state index contributed by atoms with van der Waals surface area (Å²) in [4.78, 5) is 0. The average Bonchev–Trinajstić information content (AvgIpc) is 3.03. The van der Waals surface area contributed by atoms with Crippen LogP contribution in [0.5, 0.6) is 0 Å². The molecule has 0 saturated carbocycles. The Balaban J connectivity index is 1.75. The predicted molar refractivity (Wildman–Crippen MR) is 119 cm³/mol. The van der Waals surface area contributed by atoms with Crippen LogP contribution >= 0.6 is 0 Å². The maximum Gasteiger partial charge on any atom is 0.0612 e. The Morgan fingerprint density at radius 3 is 2.18 bits per heavy atom. The van der Waals surface area contributed by atoms with Crippen molar-refractivity contribution in [2.24, 2.45) is 0 Å². The fourth-order valence-corrected chi connectivity index (χ4v) is 3.53. The summed E-state index contributed by atoms with van der Waals surface area (Å²) in [5, 5.41) is 1.28. The minimum Gasteiger partial charge on any atom is -0.315 e. The molecule has 1 aromatic heterocycles. The van der Waals surface area contributed by atoms with Crippen molar-refractivity contribution >= 4 is 10.9 Å². The molecule has 0 spiro atoms. The topological polar surface area (TPSA) is 4.93 Å². The minimum atomic E-state index is 0.159. The highest BCUT2D eigenvalue weighted by Crippen LogP contribution is 2.26. The van der Waals surface area contributed by atoms with Crippen LogP contribution < -0.4 is 0 Å². The number of benzene rings is 3. The van der Waals surface area contributed by atoms with E-state index in [1.54, 1.807) is 0 Å². The van der Waals surface area contributed by atoms with Crippen LogP contribution in [0.1, 0.15) is 43.0 Å². The molecule has 138 valence electrons. The number of fused-ring (bicyclic) bond motifs is 1. The summed E-state index contributed by atoms with van der Waals surface area (Å²) in [7, 11) is 0. The number of hydrogen-bond donors (Lipinski definition) is 0. The van der Waals surface area contributed by atoms with E-state index in [1.807, 2.05) is 0 Å². The lowest BCUT2D eigenvalue weighted by Gasteiger charge is -2.18. The van der Waals surface area contributed by atoms with Gasteiger partial charge in [-0.2, -0.15) is 0 Å². The summed E-state index contributed by atoms with van der Waals surface area (Å²) in [5.74, 6) is 6.73. The van der Waals surface area contributed by atoms with Crippen molar-refractivity contribution in [3.05, 3.63) is 101 Å². The van der Waals surface area contributed by atoms with E-state index in [-0.39, 0.29) is 5.41 Å². The zero-order valence-corrected chi connectivity index (χ0v) is 17.0. The number of aryl methyl sites for hydroxylation is 1. The van der Waals surface area contributed by atoms with Gasteiger partial charge in [0.25, 0.3) is 0 Å². The molecule has 3 aromatic carbocycles. The van der Waals surface area contributed by atoms with Gasteiger partial charge in [-0.25, -0.2) is 0 Å². The quantitative estimate of drug-likeness (QED) is 0.334. The van der Waals surface area contributed by atoms with Gasteiger partial charge in [0.1, 0.15) is 0 Å². The van der Waals surface area contributed by atoms with E-state index < -0.39 is 0 Å². The second-order valence-corrected chi connectivity index (χ2v) is 8.29. The van der Waals surface area contributed by atoms with Crippen molar-refractivity contribution < 1.29 is 0 Å². The molecule has 4 aromatic rings. The summed E-state index contributed by atoms with van der Waals surface area (Å²) in [6.45, 7) is 8.85. The number of hydrogen-bond acceptors (Lipinski definition) is 0. The first-order valence-electron chi connectivity index (χ1n) is 9.72. The molecule has 0 aliphatic heterocycles. The average molecular weight is 364 g/mol. The summed E-state index contributed by atoms with van der Waals surface area (Å²) in [6.07, 6.45) is 2.20. The van der Waals surface area contributed by atoms with Crippen LogP contribution in [-0.4, -0.2) is 4.57 Å². The number of aromatic nitrogens is 1. The van der Waals surface area contributed by atoms with Gasteiger partial charge in [0.15, 0.2) is 0 Å². The molecule has 0 aliphatic carbocycles. The fourth-order valence-electron chi connectivity index (χ4n) is 3.53. The Labute approximate surface area is 167 Å². The van der Waals surface area contributed by atoms with Gasteiger partial charge in [0, 0.05) is 22.7 Å². The van der Waals surface area contributed by atoms with Gasteiger partial charge in [-0.05, 0) is 53.8 Å². The maximum atomic E-state index is 3.39. The molecule has 0 radical (unpaired) electrons. The van der Waals surface area contributed by atoms with Crippen molar-refractivity contribution in [1.29, 1.82) is 0 Å². The summed E-state index contributed by atoms with van der Waals surface area (Å²) < 4.78 is 2.25. The molecule has 0 N–H and O–H groups in total. The van der Waals surface area contributed by atoms with Crippen molar-refractivity contribution in [3.63, 3.8) is 0 Å². The summed E-state index contributed by atoms with van der Waals surface area (Å²) in [5.41, 5.74) is 7.16. The van der Waals surface area contributed by atoms with Crippen LogP contribution in [0.25, 0.3) is 16.6 Å². The van der Waals surface area contributed by atoms with E-state index in [1.165, 1.54) is 22.0 Å². The highest BCUT2D eigenvalue weighted by Gasteiger charge is 2.12. The number of rotatable bonds is 1. The molecule has 1 nitrogen and oxygen atoms in total. The monoisotopic (exact) mass is 363 g/mol. The molecule has 0 unspecified atom stereocenters. The third-order valence-corrected chi connectivity index (χ3v) is 5.17. The predicted octanol–water partition coefficient (Wildman–Crippen LogP) is 6.64. The highest BCUT2D eigenvalue weighted by atomic mass is 15.0. The first-order chi connectivity index (χ1) is 13.4. The smallest absolute Gasteiger partial charge is 0.0612 e. The van der Waals surface area contributed by atoms with E-state index >= 15 is 0 Å². The van der Waals surface area contributed by atoms with E-state index in [9.17, 15) is 0 Å². The van der Waals surface area contributed by atoms with Gasteiger partial charge >= 0.3 is 0 Å². The zero-order chi connectivity index (χ0) is 19.7. The molecular weight excluding hydrogens is 338 g/mol. The van der Waals surface area contributed by atoms with Crippen LogP contribution in [0.2, 0.25) is 0 Å². The fraction of sp³-hybridized carbons (Fsp3) is 0.185. The van der Waals surface area contributed by atoms with Crippen LogP contribution in [0.4, 0.5) is 0 Å². The molecule has 28 heavy (non-hydrogen) atoms. The minimum absolute atomic E-state index is 0.159. The zero-order valence-electron chi connectivity index (χ0n) is 17.0. The second kappa shape index (κ2) is 7.06. The lowest BCUT2D eigenvalue weighted by molar-refractivity contribution is 0.590. The molecular formula is C27H25N. The van der Waals surface area contributed by atoms with Crippen LogP contribution in [0.3, 0.4) is 0 Å². The lowest BCUT2D eigenvalue weighted by atomic mass is 9.87. The first-order valence-corrected chi connectivity index (χ1v) is 9.72. The molecule has 0 fully saturated rings. The Morgan fingerprint density at radius 1 is 0.750 bits per heavy atom. The van der Waals surface area contributed by atoms with E-state index in [2.05, 4.69) is 123 Å². The van der Waals surface area contributed by atoms with Gasteiger partial charge in [0.2, 0.25) is 0 Å². The largest absolute Gasteiger partial charge is 0.315 e. The standard InChI is InChI=1S/C27H25N/c1-20-19-28(26-12-8-6-10-24(20)26)25-11-7-5-9-22(25)16-13-21-14-17-23(18-15-21)27(2,3)4/h5-12,14-15,17-19H,1-4H3. The SMILES string of the molecule is Cc1cn(-c2ccccc2C#Cc2ccc(C(C)(C)C)cc2)c2ccccc12. The molecule has 1 heterocycles. The molecule has 4 rings (SSSR count). The van der Waals surface area contributed by atoms with Crippen LogP contribution in [0, 0.1) is 18.8 Å². The molecule has 0 bridgehead atoms. The van der Waals surface area contributed by atoms with Gasteiger partial charge in [-0.3, -0.25) is 0 Å². The van der Waals surface area contributed by atoms with E-state index in [0.29, 0.717) is 0 Å². The third kappa shape index (κ3) is 3.47. The van der Waals surface area contributed by atoms with Gasteiger partial charge < -0.3 is 4.57 Å². The van der Waals surface area contributed by atoms with Crippen molar-refractivity contribution in [3.8, 4) is 17.5 Å². The Kier molecular flexibility index (Phi) is 4.57. The van der Waals surface area contributed by atoms with Crippen molar-refractivity contribution in [2.45, 2.75) is 33.1 Å². The Hall–Kier alpha value is -3.24. The van der Waals surface area contributed by atoms with Crippen LogP contribution in [0.15, 0.2) is 79.0 Å². The lowest BCUT2D eigenvalue weighted by Crippen LogP contribution is -2.10. The summed E-state index contributed by atoms with van der Waals surface area (Å²) in [6, 6.07) is 25.5. The first kappa shape index (κ1) is 18.1. The second-order valence-electron chi connectivity index (χ2n) is 8.29. The maximum absolute atomic E-state index is 3.39. The number of para-hydroxylation sites is 2. The Morgan fingerprint density at radius 2 is 1.43 bits per heavy atom. The molecule has 0 aliphatic rings. The third-order valence-electron chi connectivity index (χ3n) is 5.17. The molecule has 1 heteroatoms.